The standard InChI is InChI=1S/C17H26N2O4/c1-5-12(2)16(17(21)22)18-10-15(20)19(3)11-13-6-8-14(23-4)9-7-13/h6-9,12,16,18H,5,10-11H2,1-4H3,(H,21,22)/t12-,16-/m0/s1. The second kappa shape index (κ2) is 9.15. The highest BCUT2D eigenvalue weighted by Gasteiger charge is 2.24. The molecule has 128 valence electrons. The molecule has 0 unspecified atom stereocenters. The molecule has 0 aliphatic heterocycles. The lowest BCUT2D eigenvalue weighted by molar-refractivity contribution is -0.141. The van der Waals surface area contributed by atoms with Gasteiger partial charge < -0.3 is 14.7 Å². The molecule has 0 heterocycles. The van der Waals surface area contributed by atoms with E-state index >= 15 is 0 Å². The van der Waals surface area contributed by atoms with Crippen molar-refractivity contribution in [1.29, 1.82) is 0 Å². The van der Waals surface area contributed by atoms with Crippen molar-refractivity contribution >= 4 is 11.9 Å². The zero-order valence-electron chi connectivity index (χ0n) is 14.2. The van der Waals surface area contributed by atoms with Crippen LogP contribution in [0.1, 0.15) is 25.8 Å². The van der Waals surface area contributed by atoms with E-state index in [1.165, 1.54) is 0 Å². The Morgan fingerprint density at radius 1 is 1.30 bits per heavy atom. The molecule has 1 rings (SSSR count). The van der Waals surface area contributed by atoms with Crippen LogP contribution in [0, 0.1) is 5.92 Å². The number of aliphatic carboxylic acids is 1. The Hall–Kier alpha value is -2.08. The number of ether oxygens (including phenoxy) is 1. The third-order valence-corrected chi connectivity index (χ3v) is 3.96. The molecule has 0 aromatic heterocycles. The van der Waals surface area contributed by atoms with Gasteiger partial charge in [0.1, 0.15) is 11.8 Å². The Bertz CT molecular complexity index is 516. The van der Waals surface area contributed by atoms with E-state index in [0.29, 0.717) is 6.54 Å². The van der Waals surface area contributed by atoms with Crippen molar-refractivity contribution in [2.75, 3.05) is 20.7 Å². The summed E-state index contributed by atoms with van der Waals surface area (Å²) in [4.78, 5) is 25.0. The number of methoxy groups -OCH3 is 1. The third-order valence-electron chi connectivity index (χ3n) is 3.96. The Balaban J connectivity index is 2.53. The van der Waals surface area contributed by atoms with Gasteiger partial charge in [-0.05, 0) is 23.6 Å². The lowest BCUT2D eigenvalue weighted by Gasteiger charge is -2.22. The zero-order chi connectivity index (χ0) is 17.4. The predicted molar refractivity (Wildman–Crippen MR) is 88.3 cm³/mol. The lowest BCUT2D eigenvalue weighted by atomic mass is 9.99. The molecule has 6 nitrogen and oxygen atoms in total. The molecule has 0 aliphatic carbocycles. The number of rotatable bonds is 9. The van der Waals surface area contributed by atoms with E-state index < -0.39 is 12.0 Å². The van der Waals surface area contributed by atoms with E-state index in [-0.39, 0.29) is 18.4 Å². The third kappa shape index (κ3) is 5.90. The van der Waals surface area contributed by atoms with Crippen molar-refractivity contribution in [3.05, 3.63) is 29.8 Å². The number of nitrogens with zero attached hydrogens (tertiary/aromatic N) is 1. The number of carbonyl (C=O) groups excluding carboxylic acids is 1. The van der Waals surface area contributed by atoms with Gasteiger partial charge in [0.05, 0.1) is 13.7 Å². The van der Waals surface area contributed by atoms with Crippen LogP contribution in [0.5, 0.6) is 5.75 Å². The summed E-state index contributed by atoms with van der Waals surface area (Å²) in [5.41, 5.74) is 0.985. The molecule has 23 heavy (non-hydrogen) atoms. The summed E-state index contributed by atoms with van der Waals surface area (Å²) < 4.78 is 5.10. The van der Waals surface area contributed by atoms with Crippen molar-refractivity contribution in [2.45, 2.75) is 32.9 Å². The monoisotopic (exact) mass is 322 g/mol. The van der Waals surface area contributed by atoms with Crippen LogP contribution < -0.4 is 10.1 Å². The first-order valence-electron chi connectivity index (χ1n) is 7.72. The maximum Gasteiger partial charge on any atom is 0.320 e. The highest BCUT2D eigenvalue weighted by Crippen LogP contribution is 2.12. The Kier molecular flexibility index (Phi) is 7.54. The molecule has 6 heteroatoms. The number of benzene rings is 1. The van der Waals surface area contributed by atoms with Gasteiger partial charge in [-0.25, -0.2) is 0 Å². The fraction of sp³-hybridized carbons (Fsp3) is 0.529. The van der Waals surface area contributed by atoms with E-state index in [4.69, 9.17) is 4.74 Å². The molecule has 0 radical (unpaired) electrons. The topological polar surface area (TPSA) is 78.9 Å². The number of hydrogen-bond donors (Lipinski definition) is 2. The first-order valence-corrected chi connectivity index (χ1v) is 7.72. The molecule has 0 saturated heterocycles. The second-order valence-electron chi connectivity index (χ2n) is 5.68. The van der Waals surface area contributed by atoms with Crippen LogP contribution in [0.2, 0.25) is 0 Å². The molecule has 0 aliphatic rings. The normalized spacial score (nSPS) is 13.2. The van der Waals surface area contributed by atoms with Crippen molar-refractivity contribution in [3.8, 4) is 5.75 Å². The molecule has 0 fully saturated rings. The second-order valence-corrected chi connectivity index (χ2v) is 5.68. The van der Waals surface area contributed by atoms with Gasteiger partial charge in [-0.15, -0.1) is 0 Å². The number of hydrogen-bond acceptors (Lipinski definition) is 4. The Labute approximate surface area is 137 Å². The van der Waals surface area contributed by atoms with E-state index in [1.54, 1.807) is 19.1 Å². The van der Waals surface area contributed by atoms with Gasteiger partial charge in [-0.2, -0.15) is 0 Å². The minimum atomic E-state index is -0.926. The number of likely N-dealkylation sites (N-methyl/N-ethyl adjacent to an activating group) is 1. The molecule has 2 N–H and O–H groups in total. The van der Waals surface area contributed by atoms with Gasteiger partial charge >= 0.3 is 5.97 Å². The molecule has 0 bridgehead atoms. The smallest absolute Gasteiger partial charge is 0.320 e. The van der Waals surface area contributed by atoms with Crippen LogP contribution in [0.4, 0.5) is 0 Å². The van der Waals surface area contributed by atoms with Gasteiger partial charge in [-0.1, -0.05) is 32.4 Å². The van der Waals surface area contributed by atoms with Crippen LogP contribution in [0.15, 0.2) is 24.3 Å². The molecular weight excluding hydrogens is 296 g/mol. The SMILES string of the molecule is CC[C@H](C)[C@H](NCC(=O)N(C)Cc1ccc(OC)cc1)C(=O)O. The van der Waals surface area contributed by atoms with Gasteiger partial charge in [0.15, 0.2) is 0 Å². The summed E-state index contributed by atoms with van der Waals surface area (Å²) in [5, 5.41) is 12.1. The molecule has 2 atom stereocenters. The molecule has 0 spiro atoms. The first-order chi connectivity index (χ1) is 10.9. The average molecular weight is 322 g/mol. The van der Waals surface area contributed by atoms with Crippen molar-refractivity contribution in [2.24, 2.45) is 5.92 Å². The van der Waals surface area contributed by atoms with E-state index in [2.05, 4.69) is 5.32 Å². The van der Waals surface area contributed by atoms with Crippen LogP contribution in [0.25, 0.3) is 0 Å². The Morgan fingerprint density at radius 3 is 2.39 bits per heavy atom. The lowest BCUT2D eigenvalue weighted by Crippen LogP contribution is -2.46. The number of nitrogens with one attached hydrogen (secondary N) is 1. The van der Waals surface area contributed by atoms with Gasteiger partial charge in [0, 0.05) is 13.6 Å². The molecule has 1 aromatic carbocycles. The summed E-state index contributed by atoms with van der Waals surface area (Å²) in [7, 11) is 3.31. The highest BCUT2D eigenvalue weighted by atomic mass is 16.5. The minimum absolute atomic E-state index is 0.00790. The Morgan fingerprint density at radius 2 is 1.91 bits per heavy atom. The number of carbonyl (C=O) groups is 2. The number of carboxylic acids is 1. The van der Waals surface area contributed by atoms with Crippen molar-refractivity contribution < 1.29 is 19.4 Å². The van der Waals surface area contributed by atoms with Crippen LogP contribution in [-0.4, -0.2) is 48.6 Å². The van der Waals surface area contributed by atoms with Crippen LogP contribution in [0.3, 0.4) is 0 Å². The van der Waals surface area contributed by atoms with Crippen molar-refractivity contribution in [3.63, 3.8) is 0 Å². The molecule has 0 saturated carbocycles. The highest BCUT2D eigenvalue weighted by molar-refractivity contribution is 5.80. The van der Waals surface area contributed by atoms with Gasteiger partial charge in [-0.3, -0.25) is 14.9 Å². The maximum absolute atomic E-state index is 12.2. The fourth-order valence-electron chi connectivity index (χ4n) is 2.19. The summed E-state index contributed by atoms with van der Waals surface area (Å²) in [6, 6.07) is 6.77. The van der Waals surface area contributed by atoms with Crippen LogP contribution in [-0.2, 0) is 16.1 Å². The van der Waals surface area contributed by atoms with E-state index in [1.807, 2.05) is 38.1 Å². The maximum atomic E-state index is 12.2. The average Bonchev–Trinajstić information content (AvgIpc) is 2.54. The molecular formula is C17H26N2O4. The van der Waals surface area contributed by atoms with Gasteiger partial charge in [0.2, 0.25) is 5.91 Å². The van der Waals surface area contributed by atoms with E-state index in [0.717, 1.165) is 17.7 Å². The number of carboxylic acid groups (broad SMARTS) is 1. The van der Waals surface area contributed by atoms with Crippen LogP contribution >= 0.6 is 0 Å². The summed E-state index contributed by atoms with van der Waals surface area (Å²) in [6.07, 6.45) is 0.736. The quantitative estimate of drug-likeness (QED) is 0.724. The first kappa shape index (κ1) is 19.0. The fourth-order valence-corrected chi connectivity index (χ4v) is 2.19. The largest absolute Gasteiger partial charge is 0.497 e. The summed E-state index contributed by atoms with van der Waals surface area (Å²) in [6.45, 7) is 4.26. The van der Waals surface area contributed by atoms with E-state index in [9.17, 15) is 14.7 Å². The summed E-state index contributed by atoms with van der Waals surface area (Å²) in [5.74, 6) is -0.338. The van der Waals surface area contributed by atoms with Gasteiger partial charge in [0.25, 0.3) is 0 Å². The predicted octanol–water partition coefficient (Wildman–Crippen LogP) is 1.74. The van der Waals surface area contributed by atoms with Crippen molar-refractivity contribution in [1.82, 2.24) is 10.2 Å². The zero-order valence-corrected chi connectivity index (χ0v) is 14.2. The summed E-state index contributed by atoms with van der Waals surface area (Å²) >= 11 is 0. The number of amides is 1. The minimum Gasteiger partial charge on any atom is -0.497 e. The molecule has 1 amide bonds. The molecule has 1 aromatic rings.